The van der Waals surface area contributed by atoms with Gasteiger partial charge in [-0.15, -0.1) is 11.3 Å². The van der Waals surface area contributed by atoms with Gasteiger partial charge in [0.05, 0.1) is 5.56 Å². The second-order valence-electron chi connectivity index (χ2n) is 3.49. The summed E-state index contributed by atoms with van der Waals surface area (Å²) in [6.07, 6.45) is 2.24. The van der Waals surface area contributed by atoms with E-state index in [2.05, 4.69) is 11.4 Å². The summed E-state index contributed by atoms with van der Waals surface area (Å²) < 4.78 is 5.25. The van der Waals surface area contributed by atoms with E-state index in [4.69, 9.17) is 10.00 Å². The average Bonchev–Trinajstić information content (AvgIpc) is 2.76. The molecule has 0 unspecified atom stereocenters. The molecule has 0 aliphatic rings. The van der Waals surface area contributed by atoms with E-state index >= 15 is 0 Å². The highest BCUT2D eigenvalue weighted by molar-refractivity contribution is 7.10. The lowest BCUT2D eigenvalue weighted by Crippen LogP contribution is -2.14. The molecule has 4 heteroatoms. The molecule has 1 aromatic heterocycles. The molecule has 16 heavy (non-hydrogen) atoms. The van der Waals surface area contributed by atoms with Gasteiger partial charge in [0, 0.05) is 30.0 Å². The molecule has 0 saturated heterocycles. The third-order valence-corrected chi connectivity index (χ3v) is 3.12. The van der Waals surface area contributed by atoms with Crippen LogP contribution in [0.2, 0.25) is 0 Å². The smallest absolute Gasteiger partial charge is 0.100 e. The Balaban J connectivity index is 2.01. The van der Waals surface area contributed by atoms with Crippen LogP contribution in [0.3, 0.4) is 0 Å². The number of nitriles is 1. The van der Waals surface area contributed by atoms with Crippen LogP contribution in [-0.2, 0) is 11.3 Å². The van der Waals surface area contributed by atoms with E-state index in [-0.39, 0.29) is 0 Å². The molecular weight excluding hydrogens is 220 g/mol. The van der Waals surface area contributed by atoms with Crippen LogP contribution in [0.4, 0.5) is 0 Å². The Bertz CT molecular complexity index is 330. The maximum absolute atomic E-state index is 8.67. The minimum atomic E-state index is 0.762. The van der Waals surface area contributed by atoms with Gasteiger partial charge in [0.2, 0.25) is 0 Å². The van der Waals surface area contributed by atoms with Crippen LogP contribution in [0.1, 0.15) is 30.2 Å². The van der Waals surface area contributed by atoms with Crippen molar-refractivity contribution in [2.45, 2.75) is 26.3 Å². The van der Waals surface area contributed by atoms with Crippen molar-refractivity contribution in [2.75, 3.05) is 19.8 Å². The molecular formula is C12H18N2OS. The first-order valence-electron chi connectivity index (χ1n) is 5.62. The topological polar surface area (TPSA) is 45.0 Å². The first kappa shape index (κ1) is 13.2. The fourth-order valence-electron chi connectivity index (χ4n) is 1.34. The molecule has 0 aliphatic carbocycles. The predicted molar refractivity (Wildman–Crippen MR) is 66.5 cm³/mol. The Kier molecular flexibility index (Phi) is 6.82. The molecule has 1 aromatic rings. The monoisotopic (exact) mass is 238 g/mol. The van der Waals surface area contributed by atoms with Gasteiger partial charge in [-0.3, -0.25) is 0 Å². The Hall–Kier alpha value is -0.890. The van der Waals surface area contributed by atoms with E-state index in [0.29, 0.717) is 0 Å². The van der Waals surface area contributed by atoms with E-state index < -0.39 is 0 Å². The third kappa shape index (κ3) is 5.26. The van der Waals surface area contributed by atoms with Crippen LogP contribution in [0.15, 0.2) is 11.4 Å². The minimum absolute atomic E-state index is 0.762. The van der Waals surface area contributed by atoms with Gasteiger partial charge < -0.3 is 10.1 Å². The van der Waals surface area contributed by atoms with Crippen molar-refractivity contribution in [3.8, 4) is 6.07 Å². The van der Waals surface area contributed by atoms with Crippen LogP contribution in [0.25, 0.3) is 0 Å². The quantitative estimate of drug-likeness (QED) is 0.708. The van der Waals surface area contributed by atoms with Crippen molar-refractivity contribution >= 4 is 11.3 Å². The lowest BCUT2D eigenvalue weighted by Gasteiger charge is -2.03. The summed E-state index contributed by atoms with van der Waals surface area (Å²) in [5.74, 6) is 0. The number of nitrogens with zero attached hydrogens (tertiary/aromatic N) is 1. The van der Waals surface area contributed by atoms with Crippen LogP contribution in [0, 0.1) is 11.3 Å². The van der Waals surface area contributed by atoms with Gasteiger partial charge >= 0.3 is 0 Å². The molecule has 1 heterocycles. The lowest BCUT2D eigenvalue weighted by molar-refractivity contribution is 0.143. The second-order valence-corrected chi connectivity index (χ2v) is 4.49. The summed E-state index contributed by atoms with van der Waals surface area (Å²) in [5, 5.41) is 13.9. The summed E-state index contributed by atoms with van der Waals surface area (Å²) in [6, 6.07) is 4.08. The van der Waals surface area contributed by atoms with Gasteiger partial charge in [-0.1, -0.05) is 0 Å². The van der Waals surface area contributed by atoms with Gasteiger partial charge in [-0.05, 0) is 32.4 Å². The van der Waals surface area contributed by atoms with Crippen molar-refractivity contribution in [1.29, 1.82) is 5.26 Å². The van der Waals surface area contributed by atoms with Gasteiger partial charge in [0.25, 0.3) is 0 Å². The lowest BCUT2D eigenvalue weighted by atomic mass is 10.3. The van der Waals surface area contributed by atoms with E-state index in [1.165, 1.54) is 4.88 Å². The molecule has 1 rings (SSSR count). The molecule has 0 atom stereocenters. The minimum Gasteiger partial charge on any atom is -0.382 e. The first-order valence-corrected chi connectivity index (χ1v) is 6.50. The van der Waals surface area contributed by atoms with Crippen molar-refractivity contribution in [3.05, 3.63) is 21.9 Å². The number of hydrogen-bond acceptors (Lipinski definition) is 4. The molecule has 0 aromatic carbocycles. The van der Waals surface area contributed by atoms with E-state index in [1.54, 1.807) is 11.3 Å². The van der Waals surface area contributed by atoms with Crippen LogP contribution in [0.5, 0.6) is 0 Å². The molecule has 0 bridgehead atoms. The van der Waals surface area contributed by atoms with E-state index in [0.717, 1.165) is 44.7 Å². The molecule has 0 aliphatic heterocycles. The molecule has 88 valence electrons. The fourth-order valence-corrected chi connectivity index (χ4v) is 2.12. The van der Waals surface area contributed by atoms with E-state index in [1.807, 2.05) is 18.4 Å². The fraction of sp³-hybridized carbons (Fsp3) is 0.583. The molecule has 0 amide bonds. The number of nitrogens with one attached hydrogen (secondary N) is 1. The Morgan fingerprint density at radius 2 is 2.38 bits per heavy atom. The maximum Gasteiger partial charge on any atom is 0.100 e. The van der Waals surface area contributed by atoms with Gasteiger partial charge in [-0.2, -0.15) is 5.26 Å². The van der Waals surface area contributed by atoms with Gasteiger partial charge in [-0.25, -0.2) is 0 Å². The normalized spacial score (nSPS) is 10.2. The molecule has 0 spiro atoms. The largest absolute Gasteiger partial charge is 0.382 e. The van der Waals surface area contributed by atoms with Gasteiger partial charge in [0.15, 0.2) is 0 Å². The first-order chi connectivity index (χ1) is 7.86. The third-order valence-electron chi connectivity index (χ3n) is 2.18. The molecule has 0 radical (unpaired) electrons. The molecule has 1 N–H and O–H groups in total. The van der Waals surface area contributed by atoms with Gasteiger partial charge in [0.1, 0.15) is 6.07 Å². The zero-order valence-electron chi connectivity index (χ0n) is 9.66. The summed E-state index contributed by atoms with van der Waals surface area (Å²) in [6.45, 7) is 5.55. The number of thiophene rings is 1. The zero-order valence-corrected chi connectivity index (χ0v) is 10.5. The Morgan fingerprint density at radius 1 is 1.50 bits per heavy atom. The highest BCUT2D eigenvalue weighted by Crippen LogP contribution is 2.13. The summed E-state index contributed by atoms with van der Waals surface area (Å²) in [4.78, 5) is 1.22. The maximum atomic E-state index is 8.67. The van der Waals surface area contributed by atoms with Crippen molar-refractivity contribution in [2.24, 2.45) is 0 Å². The Labute approximate surface area is 101 Å². The number of rotatable bonds is 8. The average molecular weight is 238 g/mol. The van der Waals surface area contributed by atoms with Crippen molar-refractivity contribution in [1.82, 2.24) is 5.32 Å². The standard InChI is InChI=1S/C12H18N2OS/c1-2-15-6-4-3-5-14-9-12-7-11(8-13)10-16-12/h7,10,14H,2-6,9H2,1H3. The number of ether oxygens (including phenoxy) is 1. The highest BCUT2D eigenvalue weighted by atomic mass is 32.1. The summed E-state index contributed by atoms with van der Waals surface area (Å²) in [7, 11) is 0. The van der Waals surface area contributed by atoms with Crippen LogP contribution >= 0.6 is 11.3 Å². The summed E-state index contributed by atoms with van der Waals surface area (Å²) in [5.41, 5.74) is 0.762. The second kappa shape index (κ2) is 8.28. The van der Waals surface area contributed by atoms with E-state index in [9.17, 15) is 0 Å². The van der Waals surface area contributed by atoms with Crippen molar-refractivity contribution < 1.29 is 4.74 Å². The molecule has 3 nitrogen and oxygen atoms in total. The highest BCUT2D eigenvalue weighted by Gasteiger charge is 1.98. The SMILES string of the molecule is CCOCCCCNCc1cc(C#N)cs1. The molecule has 0 saturated carbocycles. The summed E-state index contributed by atoms with van der Waals surface area (Å²) >= 11 is 1.64. The van der Waals surface area contributed by atoms with Crippen molar-refractivity contribution in [3.63, 3.8) is 0 Å². The zero-order chi connectivity index (χ0) is 11.6. The predicted octanol–water partition coefficient (Wildman–Crippen LogP) is 2.53. The van der Waals surface area contributed by atoms with Crippen LogP contribution in [-0.4, -0.2) is 19.8 Å². The Morgan fingerprint density at radius 3 is 3.06 bits per heavy atom. The number of unbranched alkanes of at least 4 members (excludes halogenated alkanes) is 1. The van der Waals surface area contributed by atoms with Crippen LogP contribution < -0.4 is 5.32 Å². The molecule has 0 fully saturated rings. The number of hydrogen-bond donors (Lipinski definition) is 1.